The molecule has 1 aromatic rings. The van der Waals surface area contributed by atoms with Crippen LogP contribution in [0.15, 0.2) is 24.3 Å². The summed E-state index contributed by atoms with van der Waals surface area (Å²) < 4.78 is 0. The monoisotopic (exact) mass is 261 g/mol. The van der Waals surface area contributed by atoms with Gasteiger partial charge in [-0.05, 0) is 30.7 Å². The zero-order valence-electron chi connectivity index (χ0n) is 11.6. The van der Waals surface area contributed by atoms with Crippen molar-refractivity contribution in [3.63, 3.8) is 0 Å². The molecule has 1 heterocycles. The van der Waals surface area contributed by atoms with Crippen LogP contribution in [-0.4, -0.2) is 37.0 Å². The lowest BCUT2D eigenvalue weighted by molar-refractivity contribution is -0.131. The first-order valence-corrected chi connectivity index (χ1v) is 7.09. The Morgan fingerprint density at radius 3 is 2.37 bits per heavy atom. The van der Waals surface area contributed by atoms with Gasteiger partial charge in [0.15, 0.2) is 0 Å². The van der Waals surface area contributed by atoms with Gasteiger partial charge in [0.25, 0.3) is 0 Å². The SMILES string of the molecule is CCCCC(=O)N1CCN(c2ccc(N)cc2)CC1. The van der Waals surface area contributed by atoms with Crippen LogP contribution >= 0.6 is 0 Å². The van der Waals surface area contributed by atoms with Gasteiger partial charge in [-0.15, -0.1) is 0 Å². The highest BCUT2D eigenvalue weighted by Crippen LogP contribution is 2.18. The number of carbonyl (C=O) groups excluding carboxylic acids is 1. The topological polar surface area (TPSA) is 49.6 Å². The standard InChI is InChI=1S/C15H23N3O/c1-2-3-4-15(19)18-11-9-17(10-12-18)14-7-5-13(16)6-8-14/h5-8H,2-4,9-12,16H2,1H3. The van der Waals surface area contributed by atoms with E-state index < -0.39 is 0 Å². The van der Waals surface area contributed by atoms with Gasteiger partial charge in [0.2, 0.25) is 5.91 Å². The highest BCUT2D eigenvalue weighted by atomic mass is 16.2. The van der Waals surface area contributed by atoms with Crippen LogP contribution < -0.4 is 10.6 Å². The Kier molecular flexibility index (Phi) is 4.66. The summed E-state index contributed by atoms with van der Waals surface area (Å²) in [5, 5.41) is 0. The van der Waals surface area contributed by atoms with Crippen LogP contribution in [0.4, 0.5) is 11.4 Å². The first-order chi connectivity index (χ1) is 9.20. The fraction of sp³-hybridized carbons (Fsp3) is 0.533. The molecule has 0 saturated carbocycles. The molecule has 4 nitrogen and oxygen atoms in total. The summed E-state index contributed by atoms with van der Waals surface area (Å²) in [7, 11) is 0. The van der Waals surface area contributed by atoms with Crippen molar-refractivity contribution in [2.75, 3.05) is 36.8 Å². The summed E-state index contributed by atoms with van der Waals surface area (Å²) in [5.74, 6) is 0.304. The number of nitrogen functional groups attached to an aromatic ring is 1. The van der Waals surface area contributed by atoms with Gasteiger partial charge in [-0.3, -0.25) is 4.79 Å². The number of unbranched alkanes of at least 4 members (excludes halogenated alkanes) is 1. The van der Waals surface area contributed by atoms with Gasteiger partial charge in [0, 0.05) is 44.0 Å². The fourth-order valence-corrected chi connectivity index (χ4v) is 2.39. The zero-order chi connectivity index (χ0) is 13.7. The minimum absolute atomic E-state index is 0.304. The normalized spacial score (nSPS) is 15.6. The van der Waals surface area contributed by atoms with E-state index in [0.717, 1.165) is 44.7 Å². The Labute approximate surface area is 115 Å². The smallest absolute Gasteiger partial charge is 0.222 e. The number of piperazine rings is 1. The highest BCUT2D eigenvalue weighted by molar-refractivity contribution is 5.76. The van der Waals surface area contributed by atoms with Crippen LogP contribution in [0, 0.1) is 0 Å². The summed E-state index contributed by atoms with van der Waals surface area (Å²) in [4.78, 5) is 16.2. The number of carbonyl (C=O) groups is 1. The Morgan fingerprint density at radius 2 is 1.79 bits per heavy atom. The molecule has 0 radical (unpaired) electrons. The van der Waals surface area contributed by atoms with E-state index in [2.05, 4.69) is 11.8 Å². The number of rotatable bonds is 4. The van der Waals surface area contributed by atoms with E-state index in [1.807, 2.05) is 29.2 Å². The van der Waals surface area contributed by atoms with Gasteiger partial charge in [0.05, 0.1) is 0 Å². The molecule has 1 aromatic carbocycles. The van der Waals surface area contributed by atoms with Gasteiger partial charge >= 0.3 is 0 Å². The molecule has 4 heteroatoms. The first kappa shape index (κ1) is 13.7. The maximum atomic E-state index is 11.9. The third kappa shape index (κ3) is 3.63. The number of hydrogen-bond acceptors (Lipinski definition) is 3. The van der Waals surface area contributed by atoms with Crippen LogP contribution in [0.5, 0.6) is 0 Å². The number of amides is 1. The number of anilines is 2. The minimum Gasteiger partial charge on any atom is -0.399 e. The van der Waals surface area contributed by atoms with E-state index in [0.29, 0.717) is 12.3 Å². The second kappa shape index (κ2) is 6.45. The zero-order valence-corrected chi connectivity index (χ0v) is 11.6. The quantitative estimate of drug-likeness (QED) is 0.845. The van der Waals surface area contributed by atoms with Crippen molar-refractivity contribution in [2.45, 2.75) is 26.2 Å². The van der Waals surface area contributed by atoms with Crippen LogP contribution in [0.3, 0.4) is 0 Å². The molecule has 0 atom stereocenters. The molecule has 104 valence electrons. The van der Waals surface area contributed by atoms with E-state index in [-0.39, 0.29) is 0 Å². The fourth-order valence-electron chi connectivity index (χ4n) is 2.39. The van der Waals surface area contributed by atoms with E-state index in [1.165, 1.54) is 5.69 Å². The molecule has 0 spiro atoms. The Morgan fingerprint density at radius 1 is 1.16 bits per heavy atom. The first-order valence-electron chi connectivity index (χ1n) is 7.09. The summed E-state index contributed by atoms with van der Waals surface area (Å²) >= 11 is 0. The molecule has 1 aliphatic rings. The molecule has 2 rings (SSSR count). The van der Waals surface area contributed by atoms with Crippen molar-refractivity contribution >= 4 is 17.3 Å². The van der Waals surface area contributed by atoms with Crippen molar-refractivity contribution in [1.82, 2.24) is 4.90 Å². The Bertz CT molecular complexity index is 408. The van der Waals surface area contributed by atoms with Gasteiger partial charge in [-0.2, -0.15) is 0 Å². The van der Waals surface area contributed by atoms with E-state index in [9.17, 15) is 4.79 Å². The highest BCUT2D eigenvalue weighted by Gasteiger charge is 2.20. The summed E-state index contributed by atoms with van der Waals surface area (Å²) in [5.41, 5.74) is 7.67. The summed E-state index contributed by atoms with van der Waals surface area (Å²) in [6.45, 7) is 5.58. The predicted octanol–water partition coefficient (Wildman–Crippen LogP) is 2.11. The van der Waals surface area contributed by atoms with Crippen LogP contribution in [-0.2, 0) is 4.79 Å². The number of nitrogens with two attached hydrogens (primary N) is 1. The molecule has 1 fully saturated rings. The summed E-state index contributed by atoms with van der Waals surface area (Å²) in [6.07, 6.45) is 2.77. The Hall–Kier alpha value is -1.71. The van der Waals surface area contributed by atoms with Crippen LogP contribution in [0.2, 0.25) is 0 Å². The number of hydrogen-bond donors (Lipinski definition) is 1. The van der Waals surface area contributed by atoms with Crippen LogP contribution in [0.1, 0.15) is 26.2 Å². The molecular weight excluding hydrogens is 238 g/mol. The van der Waals surface area contributed by atoms with E-state index in [4.69, 9.17) is 5.73 Å². The average Bonchev–Trinajstić information content (AvgIpc) is 2.46. The van der Waals surface area contributed by atoms with Gasteiger partial charge in [-0.25, -0.2) is 0 Å². The minimum atomic E-state index is 0.304. The molecule has 0 aromatic heterocycles. The predicted molar refractivity (Wildman–Crippen MR) is 79.2 cm³/mol. The molecule has 0 aliphatic carbocycles. The van der Waals surface area contributed by atoms with Crippen molar-refractivity contribution in [1.29, 1.82) is 0 Å². The molecular formula is C15H23N3O. The molecule has 0 bridgehead atoms. The lowest BCUT2D eigenvalue weighted by Gasteiger charge is -2.36. The van der Waals surface area contributed by atoms with Crippen molar-refractivity contribution in [2.24, 2.45) is 0 Å². The number of benzene rings is 1. The van der Waals surface area contributed by atoms with Crippen molar-refractivity contribution in [3.8, 4) is 0 Å². The number of nitrogens with zero attached hydrogens (tertiary/aromatic N) is 2. The molecule has 1 amide bonds. The third-order valence-electron chi connectivity index (χ3n) is 3.63. The van der Waals surface area contributed by atoms with Crippen LogP contribution in [0.25, 0.3) is 0 Å². The maximum absolute atomic E-state index is 11.9. The molecule has 1 aliphatic heterocycles. The summed E-state index contributed by atoms with van der Waals surface area (Å²) in [6, 6.07) is 7.94. The molecule has 19 heavy (non-hydrogen) atoms. The van der Waals surface area contributed by atoms with Gasteiger partial charge < -0.3 is 15.5 Å². The largest absolute Gasteiger partial charge is 0.399 e. The average molecular weight is 261 g/mol. The maximum Gasteiger partial charge on any atom is 0.222 e. The molecule has 0 unspecified atom stereocenters. The lowest BCUT2D eigenvalue weighted by Crippen LogP contribution is -2.48. The van der Waals surface area contributed by atoms with Crippen molar-refractivity contribution < 1.29 is 4.79 Å². The van der Waals surface area contributed by atoms with E-state index in [1.54, 1.807) is 0 Å². The lowest BCUT2D eigenvalue weighted by atomic mass is 10.2. The second-order valence-corrected chi connectivity index (χ2v) is 5.06. The van der Waals surface area contributed by atoms with Gasteiger partial charge in [-0.1, -0.05) is 13.3 Å². The Balaban J connectivity index is 1.85. The van der Waals surface area contributed by atoms with Crippen molar-refractivity contribution in [3.05, 3.63) is 24.3 Å². The third-order valence-corrected chi connectivity index (χ3v) is 3.63. The second-order valence-electron chi connectivity index (χ2n) is 5.06. The molecule has 1 saturated heterocycles. The van der Waals surface area contributed by atoms with E-state index >= 15 is 0 Å². The molecule has 2 N–H and O–H groups in total. The van der Waals surface area contributed by atoms with Gasteiger partial charge in [0.1, 0.15) is 0 Å².